The van der Waals surface area contributed by atoms with Gasteiger partial charge in [0.2, 0.25) is 11.8 Å². The molecule has 2 aliphatic heterocycles. The maximum Gasteiger partial charge on any atom is 0.255 e. The van der Waals surface area contributed by atoms with Gasteiger partial charge in [0.15, 0.2) is 0 Å². The summed E-state index contributed by atoms with van der Waals surface area (Å²) in [4.78, 5) is 39.7. The maximum absolute atomic E-state index is 12.6. The van der Waals surface area contributed by atoms with E-state index < -0.39 is 0 Å². The number of hydrogen-bond acceptors (Lipinski definition) is 4. The fourth-order valence-electron chi connectivity index (χ4n) is 4.28. The fourth-order valence-corrected chi connectivity index (χ4v) is 4.28. The largest absolute Gasteiger partial charge is 0.341 e. The van der Waals surface area contributed by atoms with Crippen LogP contribution in [0.5, 0.6) is 0 Å². The third-order valence-electron chi connectivity index (χ3n) is 6.04. The molecule has 3 aromatic carbocycles. The molecule has 0 aromatic heterocycles. The molecule has 3 aromatic rings. The Labute approximate surface area is 186 Å². The van der Waals surface area contributed by atoms with Crippen molar-refractivity contribution >= 4 is 34.8 Å². The minimum absolute atomic E-state index is 0.141. The molecule has 0 spiro atoms. The van der Waals surface area contributed by atoms with Crippen molar-refractivity contribution in [2.75, 3.05) is 16.8 Å². The fraction of sp³-hybridized carbons (Fsp3) is 0.192. The summed E-state index contributed by atoms with van der Waals surface area (Å²) in [5.41, 5.74) is 5.76. The van der Waals surface area contributed by atoms with Crippen molar-refractivity contribution in [3.63, 3.8) is 0 Å². The average molecular weight is 425 g/mol. The van der Waals surface area contributed by atoms with E-state index in [-0.39, 0.29) is 37.1 Å². The van der Waals surface area contributed by atoms with Gasteiger partial charge in [-0.3, -0.25) is 19.3 Å². The first-order chi connectivity index (χ1) is 15.6. The van der Waals surface area contributed by atoms with Crippen molar-refractivity contribution in [1.29, 1.82) is 0 Å². The van der Waals surface area contributed by atoms with Crippen LogP contribution in [-0.4, -0.2) is 29.2 Å². The number of imide groups is 1. The first-order valence-corrected chi connectivity index (χ1v) is 10.8. The van der Waals surface area contributed by atoms with Gasteiger partial charge in [-0.2, -0.15) is 0 Å². The molecule has 2 aliphatic rings. The van der Waals surface area contributed by atoms with Crippen LogP contribution in [0, 0.1) is 0 Å². The van der Waals surface area contributed by atoms with E-state index in [2.05, 4.69) is 34.5 Å². The SMILES string of the molecule is O=C(Nc1ccc(N2CCc3ccccc32)cc1)c1ccc(CN2C(=O)CCC2=O)cc1. The van der Waals surface area contributed by atoms with Crippen LogP contribution in [0.15, 0.2) is 72.8 Å². The molecule has 0 radical (unpaired) electrons. The number of hydrogen-bond donors (Lipinski definition) is 1. The average Bonchev–Trinajstić information content (AvgIpc) is 3.39. The lowest BCUT2D eigenvalue weighted by Gasteiger charge is -2.20. The molecule has 3 amide bonds. The molecular formula is C26H23N3O3. The van der Waals surface area contributed by atoms with Crippen LogP contribution in [0.4, 0.5) is 17.1 Å². The zero-order valence-electron chi connectivity index (χ0n) is 17.6. The summed E-state index contributed by atoms with van der Waals surface area (Å²) in [7, 11) is 0. The summed E-state index contributed by atoms with van der Waals surface area (Å²) >= 11 is 0. The highest BCUT2D eigenvalue weighted by Gasteiger charge is 2.28. The van der Waals surface area contributed by atoms with Crippen LogP contribution in [0.2, 0.25) is 0 Å². The molecule has 2 heterocycles. The van der Waals surface area contributed by atoms with E-state index in [9.17, 15) is 14.4 Å². The Hall–Kier alpha value is -3.93. The monoisotopic (exact) mass is 425 g/mol. The van der Waals surface area contributed by atoms with Gasteiger partial charge in [-0.15, -0.1) is 0 Å². The molecule has 6 heteroatoms. The minimum atomic E-state index is -0.204. The highest BCUT2D eigenvalue weighted by molar-refractivity contribution is 6.04. The highest BCUT2D eigenvalue weighted by Crippen LogP contribution is 2.34. The Kier molecular flexibility index (Phi) is 5.19. The van der Waals surface area contributed by atoms with Crippen molar-refractivity contribution in [3.8, 4) is 0 Å². The summed E-state index contributed by atoms with van der Waals surface area (Å²) in [5, 5.41) is 2.93. The molecule has 1 fully saturated rings. The highest BCUT2D eigenvalue weighted by atomic mass is 16.2. The molecular weight excluding hydrogens is 402 g/mol. The second-order valence-corrected chi connectivity index (χ2v) is 8.10. The van der Waals surface area contributed by atoms with Gasteiger partial charge in [0.05, 0.1) is 6.54 Å². The van der Waals surface area contributed by atoms with Crippen LogP contribution in [0.25, 0.3) is 0 Å². The lowest BCUT2D eigenvalue weighted by Crippen LogP contribution is -2.28. The molecule has 0 bridgehead atoms. The number of carbonyl (C=O) groups excluding carboxylic acids is 3. The predicted molar refractivity (Wildman–Crippen MR) is 123 cm³/mol. The molecule has 0 saturated carbocycles. The van der Waals surface area contributed by atoms with Gasteiger partial charge >= 0.3 is 0 Å². The van der Waals surface area contributed by atoms with Crippen molar-refractivity contribution < 1.29 is 14.4 Å². The number of para-hydroxylation sites is 1. The van der Waals surface area contributed by atoms with Crippen molar-refractivity contribution in [1.82, 2.24) is 4.90 Å². The number of likely N-dealkylation sites (tertiary alicyclic amines) is 1. The summed E-state index contributed by atoms with van der Waals surface area (Å²) in [5.74, 6) is -0.487. The van der Waals surface area contributed by atoms with Gasteiger partial charge in [0.1, 0.15) is 0 Å². The quantitative estimate of drug-likeness (QED) is 0.620. The number of nitrogens with zero attached hydrogens (tertiary/aromatic N) is 2. The summed E-state index contributed by atoms with van der Waals surface area (Å²) in [6.45, 7) is 1.20. The van der Waals surface area contributed by atoms with Crippen LogP contribution in [-0.2, 0) is 22.6 Å². The molecule has 6 nitrogen and oxygen atoms in total. The van der Waals surface area contributed by atoms with Gasteiger partial charge in [0, 0.05) is 42.0 Å². The molecule has 160 valence electrons. The van der Waals surface area contributed by atoms with Crippen molar-refractivity contribution in [2.24, 2.45) is 0 Å². The maximum atomic E-state index is 12.6. The first kappa shape index (κ1) is 20.0. The smallest absolute Gasteiger partial charge is 0.255 e. The Morgan fingerprint density at radius 3 is 2.22 bits per heavy atom. The number of amides is 3. The molecule has 1 saturated heterocycles. The standard InChI is InChI=1S/C26H23N3O3/c30-24-13-14-25(31)29(24)17-18-5-7-20(8-6-18)26(32)27-21-9-11-22(12-10-21)28-16-15-19-3-1-2-4-23(19)28/h1-12H,13-17H2,(H,27,32). The Morgan fingerprint density at radius 1 is 0.812 bits per heavy atom. The second kappa shape index (κ2) is 8.30. The van der Waals surface area contributed by atoms with Crippen LogP contribution < -0.4 is 10.2 Å². The summed E-state index contributed by atoms with van der Waals surface area (Å²) in [6, 6.07) is 23.3. The second-order valence-electron chi connectivity index (χ2n) is 8.10. The zero-order chi connectivity index (χ0) is 22.1. The molecule has 32 heavy (non-hydrogen) atoms. The molecule has 1 N–H and O–H groups in total. The van der Waals surface area contributed by atoms with E-state index in [1.165, 1.54) is 16.2 Å². The Balaban J connectivity index is 1.22. The topological polar surface area (TPSA) is 69.7 Å². The number of fused-ring (bicyclic) bond motifs is 1. The van der Waals surface area contributed by atoms with Gasteiger partial charge in [-0.05, 0) is 60.0 Å². The van der Waals surface area contributed by atoms with Gasteiger partial charge in [-0.1, -0.05) is 30.3 Å². The minimum Gasteiger partial charge on any atom is -0.341 e. The van der Waals surface area contributed by atoms with E-state index in [1.54, 1.807) is 24.3 Å². The summed E-state index contributed by atoms with van der Waals surface area (Å²) in [6.07, 6.45) is 1.59. The van der Waals surface area contributed by atoms with Gasteiger partial charge in [-0.25, -0.2) is 0 Å². The van der Waals surface area contributed by atoms with Crippen LogP contribution in [0.3, 0.4) is 0 Å². The lowest BCUT2D eigenvalue weighted by molar-refractivity contribution is -0.139. The van der Waals surface area contributed by atoms with Crippen LogP contribution in [0.1, 0.15) is 34.3 Å². The van der Waals surface area contributed by atoms with E-state index in [4.69, 9.17) is 0 Å². The van der Waals surface area contributed by atoms with Crippen LogP contribution >= 0.6 is 0 Å². The molecule has 0 unspecified atom stereocenters. The lowest BCUT2D eigenvalue weighted by atomic mass is 10.1. The zero-order valence-corrected chi connectivity index (χ0v) is 17.6. The van der Waals surface area contributed by atoms with E-state index in [1.807, 2.05) is 24.3 Å². The van der Waals surface area contributed by atoms with E-state index in [0.29, 0.717) is 5.56 Å². The number of rotatable bonds is 5. The first-order valence-electron chi connectivity index (χ1n) is 10.8. The number of nitrogens with one attached hydrogen (secondary N) is 1. The van der Waals surface area contributed by atoms with Gasteiger partial charge in [0.25, 0.3) is 5.91 Å². The Bertz CT molecular complexity index is 1170. The number of carbonyl (C=O) groups is 3. The van der Waals surface area contributed by atoms with Gasteiger partial charge < -0.3 is 10.2 Å². The summed E-state index contributed by atoms with van der Waals surface area (Å²) < 4.78 is 0. The normalized spacial score (nSPS) is 15.2. The predicted octanol–water partition coefficient (Wildman–Crippen LogP) is 4.28. The third-order valence-corrected chi connectivity index (χ3v) is 6.04. The molecule has 5 rings (SSSR count). The third kappa shape index (κ3) is 3.87. The Morgan fingerprint density at radius 2 is 1.50 bits per heavy atom. The van der Waals surface area contributed by atoms with Crippen molar-refractivity contribution in [3.05, 3.63) is 89.5 Å². The number of anilines is 3. The molecule has 0 aliphatic carbocycles. The molecule has 0 atom stereocenters. The number of benzene rings is 3. The van der Waals surface area contributed by atoms with E-state index in [0.717, 1.165) is 29.9 Å². The van der Waals surface area contributed by atoms with Crippen molar-refractivity contribution in [2.45, 2.75) is 25.8 Å². The van der Waals surface area contributed by atoms with E-state index >= 15 is 0 Å².